The molecule has 2 nitrogen and oxygen atoms in total. The van der Waals surface area contributed by atoms with E-state index in [1.165, 1.54) is 12.8 Å². The van der Waals surface area contributed by atoms with Crippen molar-refractivity contribution < 1.29 is 4.39 Å². The minimum Gasteiger partial charge on any atom is -0.325 e. The second kappa shape index (κ2) is 4.78. The van der Waals surface area contributed by atoms with Crippen molar-refractivity contribution in [2.75, 3.05) is 5.88 Å². The van der Waals surface area contributed by atoms with Crippen LogP contribution in [0.1, 0.15) is 37.2 Å². The van der Waals surface area contributed by atoms with Gasteiger partial charge in [-0.25, -0.2) is 9.37 Å². The first-order valence-electron chi connectivity index (χ1n) is 6.84. The summed E-state index contributed by atoms with van der Waals surface area (Å²) in [6.45, 7) is 4.03. The van der Waals surface area contributed by atoms with Crippen molar-refractivity contribution in [3.05, 3.63) is 29.3 Å². The van der Waals surface area contributed by atoms with Crippen molar-refractivity contribution in [1.82, 2.24) is 9.55 Å². The van der Waals surface area contributed by atoms with Crippen LogP contribution in [0.25, 0.3) is 11.0 Å². The lowest BCUT2D eigenvalue weighted by molar-refractivity contribution is 0.481. The van der Waals surface area contributed by atoms with Gasteiger partial charge in [-0.2, -0.15) is 0 Å². The van der Waals surface area contributed by atoms with Crippen LogP contribution in [-0.4, -0.2) is 15.4 Å². The Balaban J connectivity index is 2.18. The number of hydrogen-bond donors (Lipinski definition) is 0. The van der Waals surface area contributed by atoms with E-state index in [4.69, 9.17) is 11.6 Å². The Morgan fingerprint density at radius 1 is 1.47 bits per heavy atom. The van der Waals surface area contributed by atoms with Gasteiger partial charge in [0.2, 0.25) is 0 Å². The van der Waals surface area contributed by atoms with Gasteiger partial charge in [-0.15, -0.1) is 11.6 Å². The van der Waals surface area contributed by atoms with Gasteiger partial charge in [-0.05, 0) is 44.2 Å². The maximum Gasteiger partial charge on any atom is 0.128 e. The molecular weight excluding hydrogens is 263 g/mol. The molecule has 0 spiro atoms. The molecule has 4 heteroatoms. The highest BCUT2D eigenvalue weighted by Gasteiger charge is 2.31. The topological polar surface area (TPSA) is 17.8 Å². The zero-order valence-electron chi connectivity index (χ0n) is 11.3. The molecule has 1 aliphatic carbocycles. The minimum atomic E-state index is -0.186. The van der Waals surface area contributed by atoms with Crippen LogP contribution in [0.4, 0.5) is 4.39 Å². The normalized spacial score (nSPS) is 17.1. The van der Waals surface area contributed by atoms with E-state index in [1.807, 2.05) is 6.07 Å². The molecule has 1 aromatic heterocycles. The molecule has 1 heterocycles. The van der Waals surface area contributed by atoms with Crippen molar-refractivity contribution >= 4 is 22.6 Å². The smallest absolute Gasteiger partial charge is 0.128 e. The number of aromatic nitrogens is 2. The van der Waals surface area contributed by atoms with E-state index in [1.54, 1.807) is 13.0 Å². The maximum absolute atomic E-state index is 13.7. The predicted molar refractivity (Wildman–Crippen MR) is 76.3 cm³/mol. The number of aryl methyl sites for hydroxylation is 2. The molecule has 0 saturated heterocycles. The summed E-state index contributed by atoms with van der Waals surface area (Å²) in [5.74, 6) is 2.07. The zero-order valence-corrected chi connectivity index (χ0v) is 12.0. The van der Waals surface area contributed by atoms with E-state index >= 15 is 0 Å². The Morgan fingerprint density at radius 2 is 2.21 bits per heavy atom. The third-order valence-corrected chi connectivity index (χ3v) is 4.26. The fourth-order valence-electron chi connectivity index (χ4n) is 2.77. The molecule has 3 rings (SSSR count). The summed E-state index contributed by atoms with van der Waals surface area (Å²) >= 11 is 5.87. The SMILES string of the molecule is Cc1cc2c(cc1F)nc(CCCl)n2C(C)C1CC1. The molecule has 0 N–H and O–H groups in total. The predicted octanol–water partition coefficient (Wildman–Crippen LogP) is 4.24. The van der Waals surface area contributed by atoms with Gasteiger partial charge in [-0.1, -0.05) is 0 Å². The molecule has 1 fully saturated rings. The van der Waals surface area contributed by atoms with E-state index in [2.05, 4.69) is 16.5 Å². The Morgan fingerprint density at radius 3 is 2.84 bits per heavy atom. The van der Waals surface area contributed by atoms with E-state index in [-0.39, 0.29) is 5.82 Å². The van der Waals surface area contributed by atoms with Crippen molar-refractivity contribution in [2.45, 2.75) is 39.2 Å². The molecule has 0 radical (unpaired) electrons. The third kappa shape index (κ3) is 2.25. The quantitative estimate of drug-likeness (QED) is 0.766. The molecular formula is C15H18ClFN2. The fourth-order valence-corrected chi connectivity index (χ4v) is 2.94. The van der Waals surface area contributed by atoms with Crippen LogP contribution in [0.3, 0.4) is 0 Å². The second-order valence-electron chi connectivity index (χ2n) is 5.51. The number of alkyl halides is 1. The average molecular weight is 281 g/mol. The van der Waals surface area contributed by atoms with Gasteiger partial charge in [0.15, 0.2) is 0 Å². The number of benzene rings is 1. The summed E-state index contributed by atoms with van der Waals surface area (Å²) in [6, 6.07) is 3.88. The van der Waals surface area contributed by atoms with E-state index in [0.29, 0.717) is 17.5 Å². The molecule has 19 heavy (non-hydrogen) atoms. The van der Waals surface area contributed by atoms with E-state index in [9.17, 15) is 4.39 Å². The molecule has 0 bridgehead atoms. The molecule has 0 aliphatic heterocycles. The van der Waals surface area contributed by atoms with Crippen LogP contribution >= 0.6 is 11.6 Å². The first kappa shape index (κ1) is 12.9. The Kier molecular flexibility index (Phi) is 3.25. The van der Waals surface area contributed by atoms with Crippen LogP contribution < -0.4 is 0 Å². The molecule has 2 aromatic rings. The second-order valence-corrected chi connectivity index (χ2v) is 5.88. The maximum atomic E-state index is 13.7. The van der Waals surface area contributed by atoms with E-state index < -0.39 is 0 Å². The van der Waals surface area contributed by atoms with Gasteiger partial charge in [0.05, 0.1) is 11.0 Å². The molecule has 1 saturated carbocycles. The standard InChI is InChI=1S/C15H18ClFN2/c1-9-7-14-13(8-12(9)17)18-15(5-6-16)19(14)10(2)11-3-4-11/h7-8,10-11H,3-6H2,1-2H3. The van der Waals surface area contributed by atoms with Gasteiger partial charge in [0, 0.05) is 24.4 Å². The van der Waals surface area contributed by atoms with Crippen LogP contribution in [0.2, 0.25) is 0 Å². The number of imidazole rings is 1. The summed E-state index contributed by atoms with van der Waals surface area (Å²) in [6.07, 6.45) is 3.29. The number of nitrogens with zero attached hydrogens (tertiary/aromatic N) is 2. The monoisotopic (exact) mass is 280 g/mol. The van der Waals surface area contributed by atoms with Crippen molar-refractivity contribution in [3.8, 4) is 0 Å². The van der Waals surface area contributed by atoms with Crippen LogP contribution in [-0.2, 0) is 6.42 Å². The summed E-state index contributed by atoms with van der Waals surface area (Å²) in [4.78, 5) is 4.57. The van der Waals surface area contributed by atoms with Crippen LogP contribution in [0, 0.1) is 18.7 Å². The molecule has 1 unspecified atom stereocenters. The summed E-state index contributed by atoms with van der Waals surface area (Å²) < 4.78 is 15.9. The first-order chi connectivity index (χ1) is 9.11. The van der Waals surface area contributed by atoms with Crippen molar-refractivity contribution in [2.24, 2.45) is 5.92 Å². The van der Waals surface area contributed by atoms with E-state index in [0.717, 1.165) is 29.2 Å². The minimum absolute atomic E-state index is 0.186. The number of halogens is 2. The lowest BCUT2D eigenvalue weighted by Crippen LogP contribution is -2.11. The lowest BCUT2D eigenvalue weighted by atomic mass is 10.1. The highest BCUT2D eigenvalue weighted by molar-refractivity contribution is 6.17. The largest absolute Gasteiger partial charge is 0.325 e. The lowest BCUT2D eigenvalue weighted by Gasteiger charge is -2.17. The first-order valence-corrected chi connectivity index (χ1v) is 7.38. The van der Waals surface area contributed by atoms with Gasteiger partial charge in [0.25, 0.3) is 0 Å². The molecule has 1 aliphatic rings. The fraction of sp³-hybridized carbons (Fsp3) is 0.533. The van der Waals surface area contributed by atoms with Crippen LogP contribution in [0.15, 0.2) is 12.1 Å². The Bertz CT molecular complexity index is 616. The average Bonchev–Trinajstić information content (AvgIpc) is 3.15. The van der Waals surface area contributed by atoms with Gasteiger partial charge >= 0.3 is 0 Å². The summed E-state index contributed by atoms with van der Waals surface area (Å²) in [7, 11) is 0. The number of fused-ring (bicyclic) bond motifs is 1. The van der Waals surface area contributed by atoms with Crippen LogP contribution in [0.5, 0.6) is 0 Å². The molecule has 0 amide bonds. The Hall–Kier alpha value is -1.09. The third-order valence-electron chi connectivity index (χ3n) is 4.07. The molecule has 1 atom stereocenters. The Labute approximate surface area is 117 Å². The highest BCUT2D eigenvalue weighted by Crippen LogP contribution is 2.41. The van der Waals surface area contributed by atoms with Gasteiger partial charge in [-0.3, -0.25) is 0 Å². The van der Waals surface area contributed by atoms with Crippen molar-refractivity contribution in [1.29, 1.82) is 0 Å². The summed E-state index contributed by atoms with van der Waals surface area (Å²) in [5.41, 5.74) is 2.46. The highest BCUT2D eigenvalue weighted by atomic mass is 35.5. The van der Waals surface area contributed by atoms with Gasteiger partial charge in [0.1, 0.15) is 11.6 Å². The molecule has 1 aromatic carbocycles. The van der Waals surface area contributed by atoms with Crippen molar-refractivity contribution in [3.63, 3.8) is 0 Å². The molecule has 102 valence electrons. The number of rotatable bonds is 4. The summed E-state index contributed by atoms with van der Waals surface area (Å²) in [5, 5.41) is 0. The van der Waals surface area contributed by atoms with Gasteiger partial charge < -0.3 is 4.57 Å². The zero-order chi connectivity index (χ0) is 13.6. The number of hydrogen-bond acceptors (Lipinski definition) is 1.